The number of hydrogen-bond acceptors (Lipinski definition) is 3. The maximum atomic E-state index is 11.0. The molecule has 0 bridgehead atoms. The third-order valence-corrected chi connectivity index (χ3v) is 1.66. The van der Waals surface area contributed by atoms with Crippen LogP contribution >= 0.6 is 0 Å². The van der Waals surface area contributed by atoms with Crippen LogP contribution in [0.3, 0.4) is 0 Å². The van der Waals surface area contributed by atoms with Crippen molar-refractivity contribution in [2.45, 2.75) is 38.6 Å². The van der Waals surface area contributed by atoms with Crippen molar-refractivity contribution < 1.29 is 9.90 Å². The van der Waals surface area contributed by atoms with Crippen LogP contribution in [-0.2, 0) is 4.79 Å². The minimum Gasteiger partial charge on any atom is -0.396 e. The molecule has 1 amide bonds. The van der Waals surface area contributed by atoms with Crippen molar-refractivity contribution in [1.29, 1.82) is 0 Å². The number of carbonyl (C=O) groups excluding carboxylic acids is 1. The Morgan fingerprint density at radius 1 is 1.46 bits per heavy atom. The Labute approximate surface area is 79.5 Å². The molecule has 0 radical (unpaired) electrons. The highest BCUT2D eigenvalue weighted by atomic mass is 16.2. The summed E-state index contributed by atoms with van der Waals surface area (Å²) in [5, 5.41) is 11.3. The Morgan fingerprint density at radius 2 is 2.15 bits per heavy atom. The zero-order valence-electron chi connectivity index (χ0n) is 8.25. The highest BCUT2D eigenvalue weighted by Crippen LogP contribution is 1.92. The molecule has 4 nitrogen and oxygen atoms in total. The molecule has 4 N–H and O–H groups in total. The molecule has 0 aliphatic heterocycles. The predicted molar refractivity (Wildman–Crippen MR) is 52.2 cm³/mol. The Hall–Kier alpha value is -0.610. The monoisotopic (exact) mass is 188 g/mol. The molecule has 0 aromatic heterocycles. The number of rotatable bonds is 7. The molecule has 0 saturated carbocycles. The molecule has 0 spiro atoms. The minimum atomic E-state index is -0.0718. The van der Waals surface area contributed by atoms with Gasteiger partial charge in [-0.25, -0.2) is 0 Å². The van der Waals surface area contributed by atoms with Gasteiger partial charge in [0.15, 0.2) is 0 Å². The molecule has 0 heterocycles. The molecule has 1 unspecified atom stereocenters. The third-order valence-electron chi connectivity index (χ3n) is 1.66. The fourth-order valence-electron chi connectivity index (χ4n) is 1.01. The van der Waals surface area contributed by atoms with Gasteiger partial charge in [0.2, 0.25) is 5.91 Å². The zero-order chi connectivity index (χ0) is 10.1. The highest BCUT2D eigenvalue weighted by molar-refractivity contribution is 5.76. The van der Waals surface area contributed by atoms with Crippen LogP contribution in [0.1, 0.15) is 32.6 Å². The number of aliphatic hydroxyl groups is 1. The van der Waals surface area contributed by atoms with Crippen molar-refractivity contribution in [3.05, 3.63) is 0 Å². The van der Waals surface area contributed by atoms with Crippen LogP contribution in [0.2, 0.25) is 0 Å². The second kappa shape index (κ2) is 8.01. The van der Waals surface area contributed by atoms with Crippen LogP contribution in [0.15, 0.2) is 0 Å². The van der Waals surface area contributed by atoms with Crippen molar-refractivity contribution >= 4 is 5.91 Å². The van der Waals surface area contributed by atoms with E-state index in [-0.39, 0.29) is 18.6 Å². The maximum Gasteiger partial charge on any atom is 0.221 e. The van der Waals surface area contributed by atoms with Gasteiger partial charge in [-0.3, -0.25) is 4.79 Å². The van der Waals surface area contributed by atoms with Crippen LogP contribution in [-0.4, -0.2) is 30.2 Å². The first-order chi connectivity index (χ1) is 6.16. The van der Waals surface area contributed by atoms with E-state index in [1.165, 1.54) is 0 Å². The summed E-state index contributed by atoms with van der Waals surface area (Å²) in [5.74, 6) is 0.0130. The van der Waals surface area contributed by atoms with Gasteiger partial charge in [0, 0.05) is 25.6 Å². The summed E-state index contributed by atoms with van der Waals surface area (Å²) in [6, 6.07) is -0.0718. The van der Waals surface area contributed by atoms with Crippen LogP contribution in [0, 0.1) is 0 Å². The number of hydrogen-bond donors (Lipinski definition) is 3. The summed E-state index contributed by atoms with van der Waals surface area (Å²) < 4.78 is 0. The van der Waals surface area contributed by atoms with Gasteiger partial charge >= 0.3 is 0 Å². The molecule has 78 valence electrons. The molecular weight excluding hydrogens is 168 g/mol. The van der Waals surface area contributed by atoms with Crippen molar-refractivity contribution in [2.75, 3.05) is 13.2 Å². The molecule has 4 heteroatoms. The van der Waals surface area contributed by atoms with Gasteiger partial charge in [-0.1, -0.05) is 0 Å². The fraction of sp³-hybridized carbons (Fsp3) is 0.889. The first-order valence-electron chi connectivity index (χ1n) is 4.80. The van der Waals surface area contributed by atoms with Crippen LogP contribution in [0.25, 0.3) is 0 Å². The Morgan fingerprint density at radius 3 is 2.69 bits per heavy atom. The van der Waals surface area contributed by atoms with Gasteiger partial charge in [-0.15, -0.1) is 0 Å². The number of nitrogens with one attached hydrogen (secondary N) is 1. The molecule has 0 aliphatic carbocycles. The van der Waals surface area contributed by atoms with E-state index in [4.69, 9.17) is 10.8 Å². The second-order valence-corrected chi connectivity index (χ2v) is 3.32. The van der Waals surface area contributed by atoms with E-state index < -0.39 is 0 Å². The zero-order valence-corrected chi connectivity index (χ0v) is 8.25. The van der Waals surface area contributed by atoms with Gasteiger partial charge in [0.25, 0.3) is 0 Å². The van der Waals surface area contributed by atoms with Crippen LogP contribution < -0.4 is 11.1 Å². The fourth-order valence-corrected chi connectivity index (χ4v) is 1.01. The number of amides is 1. The average Bonchev–Trinajstić information content (AvgIpc) is 2.02. The van der Waals surface area contributed by atoms with Crippen molar-refractivity contribution in [3.63, 3.8) is 0 Å². The summed E-state index contributed by atoms with van der Waals surface area (Å²) in [7, 11) is 0. The molecule has 13 heavy (non-hydrogen) atoms. The van der Waals surface area contributed by atoms with E-state index in [1.807, 2.05) is 6.92 Å². The Kier molecular flexibility index (Phi) is 7.63. The van der Waals surface area contributed by atoms with E-state index in [0.717, 1.165) is 19.3 Å². The van der Waals surface area contributed by atoms with Gasteiger partial charge in [0.05, 0.1) is 0 Å². The molecule has 0 aromatic carbocycles. The Balaban J connectivity index is 3.17. The summed E-state index contributed by atoms with van der Waals surface area (Å²) in [5.41, 5.74) is 5.45. The third kappa shape index (κ3) is 9.30. The first kappa shape index (κ1) is 12.4. The molecule has 0 aliphatic rings. The quantitative estimate of drug-likeness (QED) is 0.492. The standard InChI is InChI=1S/C9H20N2O2/c1-8(10)7-9(13)11-5-3-2-4-6-12/h8,12H,2-7,10H2,1H3,(H,11,13). The second-order valence-electron chi connectivity index (χ2n) is 3.32. The lowest BCUT2D eigenvalue weighted by atomic mass is 10.2. The number of unbranched alkanes of at least 4 members (excludes halogenated alkanes) is 2. The lowest BCUT2D eigenvalue weighted by Gasteiger charge is -2.06. The number of nitrogens with two attached hydrogens (primary N) is 1. The van der Waals surface area contributed by atoms with Crippen LogP contribution in [0.5, 0.6) is 0 Å². The summed E-state index contributed by atoms with van der Waals surface area (Å²) in [6.07, 6.45) is 3.07. The average molecular weight is 188 g/mol. The molecule has 0 aromatic rings. The van der Waals surface area contributed by atoms with Gasteiger partial charge in [-0.2, -0.15) is 0 Å². The first-order valence-corrected chi connectivity index (χ1v) is 4.80. The SMILES string of the molecule is CC(N)CC(=O)NCCCCCO. The summed E-state index contributed by atoms with van der Waals surface area (Å²) in [6.45, 7) is 2.73. The highest BCUT2D eigenvalue weighted by Gasteiger charge is 2.02. The number of aliphatic hydroxyl groups excluding tert-OH is 1. The normalized spacial score (nSPS) is 12.5. The summed E-state index contributed by atoms with van der Waals surface area (Å²) >= 11 is 0. The molecular formula is C9H20N2O2. The molecule has 0 fully saturated rings. The predicted octanol–water partition coefficient (Wildman–Crippen LogP) is 0.00250. The van der Waals surface area contributed by atoms with E-state index in [0.29, 0.717) is 13.0 Å². The van der Waals surface area contributed by atoms with E-state index in [1.54, 1.807) is 0 Å². The smallest absolute Gasteiger partial charge is 0.221 e. The van der Waals surface area contributed by atoms with E-state index in [2.05, 4.69) is 5.32 Å². The molecule has 1 atom stereocenters. The van der Waals surface area contributed by atoms with Crippen molar-refractivity contribution in [3.8, 4) is 0 Å². The maximum absolute atomic E-state index is 11.0. The lowest BCUT2D eigenvalue weighted by Crippen LogP contribution is -2.30. The minimum absolute atomic E-state index is 0.0130. The largest absolute Gasteiger partial charge is 0.396 e. The van der Waals surface area contributed by atoms with Crippen molar-refractivity contribution in [2.24, 2.45) is 5.73 Å². The van der Waals surface area contributed by atoms with E-state index >= 15 is 0 Å². The lowest BCUT2D eigenvalue weighted by molar-refractivity contribution is -0.121. The van der Waals surface area contributed by atoms with Crippen LogP contribution in [0.4, 0.5) is 0 Å². The Bertz CT molecular complexity index is 138. The van der Waals surface area contributed by atoms with Gasteiger partial charge in [0.1, 0.15) is 0 Å². The number of carbonyl (C=O) groups is 1. The van der Waals surface area contributed by atoms with Gasteiger partial charge < -0.3 is 16.2 Å². The van der Waals surface area contributed by atoms with Gasteiger partial charge in [-0.05, 0) is 26.2 Å². The topological polar surface area (TPSA) is 75.4 Å². The summed E-state index contributed by atoms with van der Waals surface area (Å²) in [4.78, 5) is 11.0. The van der Waals surface area contributed by atoms with E-state index in [9.17, 15) is 4.79 Å². The molecule has 0 rings (SSSR count). The van der Waals surface area contributed by atoms with Crippen molar-refractivity contribution in [1.82, 2.24) is 5.32 Å². The molecule has 0 saturated heterocycles.